The summed E-state index contributed by atoms with van der Waals surface area (Å²) >= 11 is 0. The van der Waals surface area contributed by atoms with Gasteiger partial charge in [-0.3, -0.25) is 0 Å². The fraction of sp³-hybridized carbons (Fsp3) is 0. The van der Waals surface area contributed by atoms with Crippen LogP contribution in [-0.4, -0.2) is 32.1 Å². The predicted octanol–water partition coefficient (Wildman–Crippen LogP) is 3.38. The second-order valence-electron chi connectivity index (χ2n) is 6.56. The molecule has 12 heteroatoms. The lowest BCUT2D eigenvalue weighted by Crippen LogP contribution is -2.20. The van der Waals surface area contributed by atoms with Gasteiger partial charge >= 0.3 is 20.2 Å². The molecule has 164 valence electrons. The summed E-state index contributed by atoms with van der Waals surface area (Å²) in [6.07, 6.45) is 0. The van der Waals surface area contributed by atoms with Crippen LogP contribution < -0.4 is 0 Å². The number of benzene rings is 4. The Balaban J connectivity index is 1.62. The zero-order valence-electron chi connectivity index (χ0n) is 16.0. The summed E-state index contributed by atoms with van der Waals surface area (Å²) in [4.78, 5) is -1.46. The first kappa shape index (κ1) is 21.3. The van der Waals surface area contributed by atoms with Gasteiger partial charge in [0.1, 0.15) is 11.5 Å². The van der Waals surface area contributed by atoms with Gasteiger partial charge in [-0.1, -0.05) is 69.2 Å². The third kappa shape index (κ3) is 3.76. The molecule has 0 aliphatic heterocycles. The molecule has 0 radical (unpaired) electrons. The lowest BCUT2D eigenvalue weighted by molar-refractivity contribution is -0.923. The minimum Gasteiger partial charge on any atom is -0.506 e. The average molecular weight is 474 g/mol. The molecule has 0 amide bonds. The summed E-state index contributed by atoms with van der Waals surface area (Å²) in [6, 6.07) is 17.5. The molecule has 0 atom stereocenters. The van der Waals surface area contributed by atoms with Crippen molar-refractivity contribution in [3.63, 3.8) is 0 Å². The monoisotopic (exact) mass is 474 g/mol. The third-order valence-corrected chi connectivity index (χ3v) is 6.97. The second-order valence-corrected chi connectivity index (χ2v) is 9.56. The highest BCUT2D eigenvalue weighted by atomic mass is 32.2. The maximum Gasteiger partial charge on any atom is 0.404 e. The van der Waals surface area contributed by atoms with Gasteiger partial charge in [-0.15, -0.1) is 0 Å². The minimum atomic E-state index is -4.91. The Kier molecular flexibility index (Phi) is 5.11. The fourth-order valence-electron chi connectivity index (χ4n) is 3.13. The van der Waals surface area contributed by atoms with Crippen LogP contribution in [0.3, 0.4) is 0 Å². The Morgan fingerprint density at radius 3 is 1.41 bits per heavy atom. The number of rotatable bonds is 6. The first-order chi connectivity index (χ1) is 15.1. The summed E-state index contributed by atoms with van der Waals surface area (Å²) in [5, 5.41) is 21.2. The molecule has 0 bridgehead atoms. The number of phenols is 2. The van der Waals surface area contributed by atoms with Crippen LogP contribution in [0, 0.1) is 0 Å². The average Bonchev–Trinajstić information content (AvgIpc) is 2.73. The number of hydrogen-bond acceptors (Lipinski definition) is 8. The molecule has 32 heavy (non-hydrogen) atoms. The largest absolute Gasteiger partial charge is 0.506 e. The summed E-state index contributed by atoms with van der Waals surface area (Å²) in [5.74, 6) is -1.32. The van der Waals surface area contributed by atoms with Crippen LogP contribution in [0.25, 0.3) is 27.1 Å². The lowest BCUT2D eigenvalue weighted by Gasteiger charge is -2.09. The molecule has 0 fully saturated rings. The van der Waals surface area contributed by atoms with E-state index in [1.54, 1.807) is 36.4 Å². The number of fused-ring (bicyclic) bond motifs is 2. The Hall–Kier alpha value is -3.90. The zero-order valence-corrected chi connectivity index (χ0v) is 17.6. The molecule has 0 spiro atoms. The van der Waals surface area contributed by atoms with E-state index in [9.17, 15) is 32.6 Å². The number of aromatic hydroxyl groups is 2. The van der Waals surface area contributed by atoms with Gasteiger partial charge < -0.3 is 15.7 Å². The van der Waals surface area contributed by atoms with Gasteiger partial charge in [0.2, 0.25) is 0 Å². The molecule has 0 saturated carbocycles. The van der Waals surface area contributed by atoms with E-state index >= 15 is 0 Å². The Morgan fingerprint density at radius 1 is 0.625 bits per heavy atom. The van der Waals surface area contributed by atoms with E-state index in [1.807, 2.05) is 0 Å². The summed E-state index contributed by atoms with van der Waals surface area (Å²) in [7, 11) is -9.81. The molecule has 0 aliphatic rings. The highest BCUT2D eigenvalue weighted by Crippen LogP contribution is 2.34. The molecule has 0 heterocycles. The number of nitrogens with zero attached hydrogens (tertiary/aromatic N) is 2. The second kappa shape index (κ2) is 7.66. The molecule has 4 aromatic carbocycles. The quantitative estimate of drug-likeness (QED) is 0.319. The number of phenolic OH excluding ortho intramolecular Hbond substituents is 2. The van der Waals surface area contributed by atoms with Gasteiger partial charge in [0.25, 0.3) is 0 Å². The SMILES string of the molecule is [N-]=[N+](OS(=O)(=O)c1ccc2ccccc2c1O)OS(=O)(=O)c1ccc2ccccc2c1O. The van der Waals surface area contributed by atoms with E-state index in [1.165, 1.54) is 24.3 Å². The maximum absolute atomic E-state index is 12.5. The van der Waals surface area contributed by atoms with Crippen molar-refractivity contribution in [1.29, 1.82) is 0 Å². The van der Waals surface area contributed by atoms with Crippen LogP contribution in [0.4, 0.5) is 0 Å². The molecule has 0 aliphatic carbocycles. The van der Waals surface area contributed by atoms with Crippen molar-refractivity contribution >= 4 is 41.8 Å². The highest BCUT2D eigenvalue weighted by molar-refractivity contribution is 7.87. The van der Waals surface area contributed by atoms with Crippen molar-refractivity contribution in [1.82, 2.24) is 0 Å². The normalized spacial score (nSPS) is 12.0. The minimum absolute atomic E-state index is 0.191. The van der Waals surface area contributed by atoms with Gasteiger partial charge in [-0.2, -0.15) is 16.8 Å². The van der Waals surface area contributed by atoms with Crippen LogP contribution in [0.5, 0.6) is 11.5 Å². The predicted molar refractivity (Wildman–Crippen MR) is 111 cm³/mol. The standard InChI is InChI=1S/C20H14N2O8S2/c21-22(29-31(25,26)17-11-9-13-5-1-3-7-15(13)19(17)23)30-32(27,28)18-12-10-14-6-2-4-8-16(14)20(18)24/h1-12,23-24H. The molecular formula is C20H14N2O8S2. The van der Waals surface area contributed by atoms with Gasteiger partial charge in [0.05, 0.1) is 0 Å². The van der Waals surface area contributed by atoms with E-state index in [-0.39, 0.29) is 10.8 Å². The van der Waals surface area contributed by atoms with Crippen molar-refractivity contribution in [3.8, 4) is 11.5 Å². The first-order valence-corrected chi connectivity index (χ1v) is 11.7. The molecule has 4 rings (SSSR count). The Bertz CT molecular complexity index is 1480. The van der Waals surface area contributed by atoms with E-state index in [4.69, 9.17) is 0 Å². The molecule has 10 nitrogen and oxygen atoms in total. The smallest absolute Gasteiger partial charge is 0.404 e. The van der Waals surface area contributed by atoms with Crippen molar-refractivity contribution in [2.75, 3.05) is 0 Å². The van der Waals surface area contributed by atoms with Crippen LogP contribution in [-0.2, 0) is 28.8 Å². The van der Waals surface area contributed by atoms with Crippen molar-refractivity contribution in [2.45, 2.75) is 9.79 Å². The fourth-order valence-corrected chi connectivity index (χ4v) is 4.89. The van der Waals surface area contributed by atoms with Crippen LogP contribution >= 0.6 is 0 Å². The van der Waals surface area contributed by atoms with E-state index in [0.29, 0.717) is 10.8 Å². The zero-order chi connectivity index (χ0) is 23.1. The maximum atomic E-state index is 12.5. The van der Waals surface area contributed by atoms with E-state index in [0.717, 1.165) is 12.1 Å². The van der Waals surface area contributed by atoms with Crippen LogP contribution in [0.1, 0.15) is 0 Å². The molecule has 2 N–H and O–H groups in total. The van der Waals surface area contributed by atoms with Crippen molar-refractivity contribution in [2.24, 2.45) is 0 Å². The van der Waals surface area contributed by atoms with Crippen molar-refractivity contribution in [3.05, 3.63) is 78.3 Å². The molecule has 0 aromatic heterocycles. The Labute approximate surface area is 182 Å². The van der Waals surface area contributed by atoms with Crippen LogP contribution in [0.15, 0.2) is 82.6 Å². The third-order valence-electron chi connectivity index (χ3n) is 4.59. The first-order valence-electron chi connectivity index (χ1n) is 8.90. The molecule has 4 aromatic rings. The topological polar surface area (TPSA) is 153 Å². The summed E-state index contributed by atoms with van der Waals surface area (Å²) < 4.78 is 58.4. The molecule has 0 saturated heterocycles. The molecular weight excluding hydrogens is 460 g/mol. The summed E-state index contributed by atoms with van der Waals surface area (Å²) in [5.41, 5.74) is 9.72. The highest BCUT2D eigenvalue weighted by Gasteiger charge is 2.32. The summed E-state index contributed by atoms with van der Waals surface area (Å²) in [6.45, 7) is 0. The van der Waals surface area contributed by atoms with Gasteiger partial charge in [-0.25, -0.2) is 0 Å². The van der Waals surface area contributed by atoms with Gasteiger partial charge in [-0.05, 0) is 22.9 Å². The van der Waals surface area contributed by atoms with E-state index in [2.05, 4.69) is 8.57 Å². The van der Waals surface area contributed by atoms with Gasteiger partial charge in [0.15, 0.2) is 14.8 Å². The van der Waals surface area contributed by atoms with Crippen LogP contribution in [0.2, 0.25) is 0 Å². The van der Waals surface area contributed by atoms with Crippen molar-refractivity contribution < 1.29 is 40.6 Å². The van der Waals surface area contributed by atoms with Gasteiger partial charge in [0, 0.05) is 10.8 Å². The van der Waals surface area contributed by atoms with E-state index < -0.39 is 46.6 Å². The number of hydrogen-bond donors (Lipinski definition) is 2. The lowest BCUT2D eigenvalue weighted by atomic mass is 10.1. The Morgan fingerprint density at radius 2 is 1.00 bits per heavy atom. The molecule has 0 unspecified atom stereocenters.